The number of hydrogen-bond acceptors (Lipinski definition) is 5. The molecule has 1 aromatic carbocycles. The van der Waals surface area contributed by atoms with E-state index in [9.17, 15) is 9.90 Å². The predicted molar refractivity (Wildman–Crippen MR) is 68.1 cm³/mol. The van der Waals surface area contributed by atoms with Gasteiger partial charge in [0.1, 0.15) is 11.5 Å². The van der Waals surface area contributed by atoms with E-state index in [-0.39, 0.29) is 17.2 Å². The third-order valence-corrected chi connectivity index (χ3v) is 2.09. The Balaban J connectivity index is 2.84. The van der Waals surface area contributed by atoms with Crippen LogP contribution < -0.4 is 4.74 Å². The van der Waals surface area contributed by atoms with Crippen LogP contribution in [-0.2, 0) is 4.79 Å². The fourth-order valence-corrected chi connectivity index (χ4v) is 1.28. The molecule has 0 saturated heterocycles. The van der Waals surface area contributed by atoms with Crippen molar-refractivity contribution in [2.24, 2.45) is 10.2 Å². The molecule has 0 amide bonds. The molecule has 18 heavy (non-hydrogen) atoms. The number of hydrogen-bond donors (Lipinski definition) is 1. The van der Waals surface area contributed by atoms with Crippen molar-refractivity contribution >= 4 is 11.5 Å². The first-order valence-electron chi connectivity index (χ1n) is 5.60. The molecule has 0 heterocycles. The highest BCUT2D eigenvalue weighted by atomic mass is 16.5. The second kappa shape index (κ2) is 6.54. The second-order valence-electron chi connectivity index (χ2n) is 3.62. The Morgan fingerprint density at radius 3 is 2.33 bits per heavy atom. The van der Waals surface area contributed by atoms with Gasteiger partial charge in [-0.25, -0.2) is 0 Å². The summed E-state index contributed by atoms with van der Waals surface area (Å²) in [6.07, 6.45) is 0. The molecule has 0 spiro atoms. The predicted octanol–water partition coefficient (Wildman–Crippen LogP) is 3.55. The zero-order valence-corrected chi connectivity index (χ0v) is 10.7. The lowest BCUT2D eigenvalue weighted by Crippen LogP contribution is -1.96. The van der Waals surface area contributed by atoms with E-state index in [1.165, 1.54) is 13.8 Å². The van der Waals surface area contributed by atoms with Crippen LogP contribution in [0.4, 0.5) is 5.69 Å². The van der Waals surface area contributed by atoms with Gasteiger partial charge in [-0.2, -0.15) is 5.11 Å². The molecule has 1 rings (SSSR count). The van der Waals surface area contributed by atoms with Gasteiger partial charge in [-0.05, 0) is 38.1 Å². The molecule has 0 aliphatic rings. The van der Waals surface area contributed by atoms with Crippen molar-refractivity contribution in [1.82, 2.24) is 0 Å². The average molecular weight is 248 g/mol. The monoisotopic (exact) mass is 248 g/mol. The highest BCUT2D eigenvalue weighted by Gasteiger charge is 2.06. The van der Waals surface area contributed by atoms with Crippen LogP contribution in [0.1, 0.15) is 20.8 Å². The third-order valence-electron chi connectivity index (χ3n) is 2.09. The van der Waals surface area contributed by atoms with Gasteiger partial charge in [-0.3, -0.25) is 4.79 Å². The van der Waals surface area contributed by atoms with Gasteiger partial charge in [-0.1, -0.05) is 0 Å². The molecule has 0 saturated carbocycles. The van der Waals surface area contributed by atoms with E-state index >= 15 is 0 Å². The minimum absolute atomic E-state index is 0.0381. The van der Waals surface area contributed by atoms with E-state index in [0.717, 1.165) is 5.75 Å². The van der Waals surface area contributed by atoms with Crippen LogP contribution in [0.2, 0.25) is 0 Å². The number of carbonyl (C=O) groups excluding carboxylic acids is 1. The first kappa shape index (κ1) is 13.9. The number of aliphatic hydroxyl groups excluding tert-OH is 1. The zero-order chi connectivity index (χ0) is 13.5. The molecule has 0 aliphatic carbocycles. The number of Topliss-reactive ketones (excluding diaryl/α,β-unsaturated/α-hetero) is 1. The van der Waals surface area contributed by atoms with E-state index < -0.39 is 0 Å². The number of ether oxygens (including phenoxy) is 1. The minimum atomic E-state index is -0.329. The molecule has 1 N–H and O–H groups in total. The van der Waals surface area contributed by atoms with Crippen LogP contribution in [-0.4, -0.2) is 17.5 Å². The number of ketones is 1. The molecule has 96 valence electrons. The van der Waals surface area contributed by atoms with E-state index in [4.69, 9.17) is 4.74 Å². The summed E-state index contributed by atoms with van der Waals surface area (Å²) in [5.74, 6) is 0.277. The van der Waals surface area contributed by atoms with Gasteiger partial charge in [0.2, 0.25) is 0 Å². The van der Waals surface area contributed by atoms with Crippen LogP contribution in [0.15, 0.2) is 46.0 Å². The van der Waals surface area contributed by atoms with Gasteiger partial charge in [0, 0.05) is 6.92 Å². The molecule has 0 atom stereocenters. The average Bonchev–Trinajstić information content (AvgIpc) is 2.31. The fourth-order valence-electron chi connectivity index (χ4n) is 1.28. The molecule has 0 fully saturated rings. The quantitative estimate of drug-likeness (QED) is 0.492. The Hall–Kier alpha value is -2.17. The first-order valence-corrected chi connectivity index (χ1v) is 5.60. The number of rotatable bonds is 5. The standard InChI is InChI=1S/C13H16N2O3/c1-4-18-12-7-5-11(6-8-12)14-15-13(9(2)16)10(3)17/h5-8,16H,4H2,1-3H3. The number of allylic oxidation sites excluding steroid dienone is 2. The number of carbonyl (C=O) groups is 1. The van der Waals surface area contributed by atoms with Crippen LogP contribution in [0, 0.1) is 0 Å². The number of nitrogens with zero attached hydrogens (tertiary/aromatic N) is 2. The van der Waals surface area contributed by atoms with E-state index in [2.05, 4.69) is 10.2 Å². The summed E-state index contributed by atoms with van der Waals surface area (Å²) in [5, 5.41) is 16.9. The summed E-state index contributed by atoms with van der Waals surface area (Å²) in [4.78, 5) is 11.2. The minimum Gasteiger partial charge on any atom is -0.510 e. The lowest BCUT2D eigenvalue weighted by Gasteiger charge is -2.01. The van der Waals surface area contributed by atoms with E-state index in [1.54, 1.807) is 24.3 Å². The molecule has 0 radical (unpaired) electrons. The Kier molecular flexibility index (Phi) is 5.05. The van der Waals surface area contributed by atoms with Gasteiger partial charge in [0.25, 0.3) is 0 Å². The highest BCUT2D eigenvalue weighted by molar-refractivity contribution is 5.93. The van der Waals surface area contributed by atoms with Crippen molar-refractivity contribution in [1.29, 1.82) is 0 Å². The van der Waals surface area contributed by atoms with Gasteiger partial charge in [0.15, 0.2) is 11.5 Å². The van der Waals surface area contributed by atoms with Crippen molar-refractivity contribution in [3.63, 3.8) is 0 Å². The summed E-state index contributed by atoms with van der Waals surface area (Å²) in [5.41, 5.74) is 0.544. The van der Waals surface area contributed by atoms with Gasteiger partial charge in [-0.15, -0.1) is 5.11 Å². The molecule has 5 nitrogen and oxygen atoms in total. The maximum Gasteiger partial charge on any atom is 0.183 e. The SMILES string of the molecule is CCOc1ccc(N=NC(C(C)=O)=C(C)O)cc1. The lowest BCUT2D eigenvalue weighted by molar-refractivity contribution is -0.113. The molecular formula is C13H16N2O3. The summed E-state index contributed by atoms with van der Waals surface area (Å²) in [7, 11) is 0. The second-order valence-corrected chi connectivity index (χ2v) is 3.62. The normalized spacial score (nSPS) is 12.4. The summed E-state index contributed by atoms with van der Waals surface area (Å²) in [6.45, 7) is 5.23. The topological polar surface area (TPSA) is 71.2 Å². The van der Waals surface area contributed by atoms with Crippen molar-refractivity contribution in [2.45, 2.75) is 20.8 Å². The molecule has 0 aromatic heterocycles. The van der Waals surface area contributed by atoms with Crippen molar-refractivity contribution in [2.75, 3.05) is 6.61 Å². The Bertz CT molecular complexity index is 472. The van der Waals surface area contributed by atoms with Crippen LogP contribution >= 0.6 is 0 Å². The summed E-state index contributed by atoms with van der Waals surface area (Å²) in [6, 6.07) is 6.97. The van der Waals surface area contributed by atoms with Crippen molar-refractivity contribution in [3.05, 3.63) is 35.7 Å². The van der Waals surface area contributed by atoms with E-state index in [0.29, 0.717) is 12.3 Å². The maximum absolute atomic E-state index is 11.2. The molecule has 0 aliphatic heterocycles. The molecule has 0 unspecified atom stereocenters. The van der Waals surface area contributed by atoms with Crippen LogP contribution in [0.25, 0.3) is 0 Å². The first-order chi connectivity index (χ1) is 8.54. The van der Waals surface area contributed by atoms with Gasteiger partial charge in [0.05, 0.1) is 12.3 Å². The van der Waals surface area contributed by atoms with Crippen LogP contribution in [0.5, 0.6) is 5.75 Å². The third kappa shape index (κ3) is 4.01. The fraction of sp³-hybridized carbons (Fsp3) is 0.308. The van der Waals surface area contributed by atoms with E-state index in [1.807, 2.05) is 6.92 Å². The largest absolute Gasteiger partial charge is 0.510 e. The van der Waals surface area contributed by atoms with Gasteiger partial charge >= 0.3 is 0 Å². The highest BCUT2D eigenvalue weighted by Crippen LogP contribution is 2.19. The van der Waals surface area contributed by atoms with Crippen LogP contribution in [0.3, 0.4) is 0 Å². The van der Waals surface area contributed by atoms with Gasteiger partial charge < -0.3 is 9.84 Å². The summed E-state index contributed by atoms with van der Waals surface area (Å²) < 4.78 is 5.29. The molecule has 0 bridgehead atoms. The van der Waals surface area contributed by atoms with Crippen molar-refractivity contribution < 1.29 is 14.6 Å². The molecule has 1 aromatic rings. The Labute approximate surface area is 106 Å². The zero-order valence-electron chi connectivity index (χ0n) is 10.7. The molecule has 5 heteroatoms. The number of benzene rings is 1. The Morgan fingerprint density at radius 1 is 1.28 bits per heavy atom. The smallest absolute Gasteiger partial charge is 0.183 e. The molecular weight excluding hydrogens is 232 g/mol. The maximum atomic E-state index is 11.2. The Morgan fingerprint density at radius 2 is 1.89 bits per heavy atom. The summed E-state index contributed by atoms with van der Waals surface area (Å²) >= 11 is 0. The van der Waals surface area contributed by atoms with Crippen molar-refractivity contribution in [3.8, 4) is 5.75 Å². The number of azo groups is 1. The lowest BCUT2D eigenvalue weighted by atomic mass is 10.3. The number of aliphatic hydroxyl groups is 1.